The summed E-state index contributed by atoms with van der Waals surface area (Å²) in [6.45, 7) is 4.15. The molecule has 2 amide bonds. The van der Waals surface area contributed by atoms with Crippen molar-refractivity contribution < 1.29 is 19.1 Å². The van der Waals surface area contributed by atoms with Gasteiger partial charge in [0.05, 0.1) is 0 Å². The van der Waals surface area contributed by atoms with Gasteiger partial charge in [-0.15, -0.1) is 0 Å². The van der Waals surface area contributed by atoms with Gasteiger partial charge in [-0.2, -0.15) is 0 Å². The number of halogens is 1. The number of nitrogens with one attached hydrogen (secondary N) is 1. The fraction of sp³-hybridized carbons (Fsp3) is 0.370. The number of fused-ring (bicyclic) bond motifs is 2. The average molecular weight is 509 g/mol. The van der Waals surface area contributed by atoms with Gasteiger partial charge in [-0.25, -0.2) is 4.98 Å². The number of carbonyl (C=O) groups excluding carboxylic acids is 2. The lowest BCUT2D eigenvalue weighted by atomic mass is 10.1. The van der Waals surface area contributed by atoms with Gasteiger partial charge in [-0.05, 0) is 49.6 Å². The molecule has 2 aliphatic heterocycles. The third-order valence-corrected chi connectivity index (χ3v) is 6.62. The number of benzene rings is 2. The Morgan fingerprint density at radius 1 is 1.11 bits per heavy atom. The Morgan fingerprint density at radius 2 is 1.94 bits per heavy atom. The highest BCUT2D eigenvalue weighted by molar-refractivity contribution is 6.31. The maximum atomic E-state index is 13.7. The summed E-state index contributed by atoms with van der Waals surface area (Å²) in [5.41, 5.74) is 1.44. The molecule has 0 bridgehead atoms. The van der Waals surface area contributed by atoms with Crippen molar-refractivity contribution >= 4 is 34.9 Å². The Kier molecular flexibility index (Phi) is 7.13. The summed E-state index contributed by atoms with van der Waals surface area (Å²) in [6, 6.07) is 12.2. The van der Waals surface area contributed by atoms with Crippen LogP contribution in [-0.2, 0) is 13.0 Å². The molecule has 0 aliphatic carbocycles. The highest BCUT2D eigenvalue weighted by Crippen LogP contribution is 2.34. The molecule has 1 aromatic heterocycles. The fourth-order valence-electron chi connectivity index (χ4n) is 4.59. The Hall–Kier alpha value is -3.52. The van der Waals surface area contributed by atoms with Crippen LogP contribution in [-0.4, -0.2) is 41.1 Å². The van der Waals surface area contributed by atoms with E-state index < -0.39 is 0 Å². The summed E-state index contributed by atoms with van der Waals surface area (Å²) in [4.78, 5) is 33.8. The molecule has 0 unspecified atom stereocenters. The van der Waals surface area contributed by atoms with E-state index in [2.05, 4.69) is 12.2 Å². The first kappa shape index (κ1) is 24.2. The third kappa shape index (κ3) is 4.91. The zero-order valence-electron chi connectivity index (χ0n) is 20.3. The Labute approximate surface area is 215 Å². The van der Waals surface area contributed by atoms with E-state index in [-0.39, 0.29) is 11.8 Å². The predicted molar refractivity (Wildman–Crippen MR) is 139 cm³/mol. The minimum absolute atomic E-state index is 0.227. The number of hydrogen-bond acceptors (Lipinski definition) is 5. The number of amides is 2. The summed E-state index contributed by atoms with van der Waals surface area (Å²) >= 11 is 6.18. The van der Waals surface area contributed by atoms with Crippen molar-refractivity contribution in [3.05, 3.63) is 64.6 Å². The van der Waals surface area contributed by atoms with Crippen LogP contribution < -0.4 is 19.7 Å². The van der Waals surface area contributed by atoms with Gasteiger partial charge in [0.1, 0.15) is 19.0 Å². The lowest BCUT2D eigenvalue weighted by Crippen LogP contribution is -2.34. The highest BCUT2D eigenvalue weighted by atomic mass is 35.5. The number of aromatic nitrogens is 2. The van der Waals surface area contributed by atoms with Gasteiger partial charge in [0.25, 0.3) is 11.8 Å². The number of anilines is 2. The van der Waals surface area contributed by atoms with Gasteiger partial charge < -0.3 is 19.4 Å². The molecule has 2 aromatic carbocycles. The molecule has 0 fully saturated rings. The lowest BCUT2D eigenvalue weighted by Gasteiger charge is -2.23. The van der Waals surface area contributed by atoms with Crippen LogP contribution in [0.1, 0.15) is 59.3 Å². The maximum Gasteiger partial charge on any atom is 0.276 e. The topological polar surface area (TPSA) is 85.7 Å². The highest BCUT2D eigenvalue weighted by Gasteiger charge is 2.31. The van der Waals surface area contributed by atoms with Crippen molar-refractivity contribution in [3.63, 3.8) is 0 Å². The normalized spacial score (nSPS) is 14.2. The summed E-state index contributed by atoms with van der Waals surface area (Å²) < 4.78 is 13.2. The van der Waals surface area contributed by atoms with Crippen molar-refractivity contribution in [2.45, 2.75) is 45.6 Å². The van der Waals surface area contributed by atoms with Crippen molar-refractivity contribution in [1.29, 1.82) is 0 Å². The van der Waals surface area contributed by atoms with Crippen LogP contribution in [0.4, 0.5) is 11.5 Å². The van der Waals surface area contributed by atoms with Gasteiger partial charge in [0.15, 0.2) is 23.0 Å². The summed E-state index contributed by atoms with van der Waals surface area (Å²) in [6.07, 6.45) is 4.38. The van der Waals surface area contributed by atoms with Crippen LogP contribution in [0.15, 0.2) is 42.5 Å². The quantitative estimate of drug-likeness (QED) is 0.465. The zero-order chi connectivity index (χ0) is 25.1. The molecule has 2 aliphatic rings. The molecule has 1 N–H and O–H groups in total. The van der Waals surface area contributed by atoms with Crippen LogP contribution in [0, 0.1) is 0 Å². The molecular formula is C27H29ClN4O4. The van der Waals surface area contributed by atoms with Crippen LogP contribution in [0.2, 0.25) is 5.02 Å². The van der Waals surface area contributed by atoms with Crippen LogP contribution in [0.3, 0.4) is 0 Å². The predicted octanol–water partition coefficient (Wildman–Crippen LogP) is 5.34. The largest absolute Gasteiger partial charge is 0.486 e. The third-order valence-electron chi connectivity index (χ3n) is 6.38. The van der Waals surface area contributed by atoms with Crippen LogP contribution in [0.25, 0.3) is 0 Å². The SMILES string of the molecule is CCCCN(C(=O)c1cccc(Cl)c1)c1nc2n(c1C(=O)Nc1ccc3c(c1)OCCO3)CCCC2. The minimum atomic E-state index is -0.317. The second-order valence-corrected chi connectivity index (χ2v) is 9.38. The van der Waals surface area contributed by atoms with E-state index >= 15 is 0 Å². The molecule has 5 rings (SSSR count). The molecule has 0 saturated carbocycles. The van der Waals surface area contributed by atoms with Crippen molar-refractivity contribution in [3.8, 4) is 11.5 Å². The zero-order valence-corrected chi connectivity index (χ0v) is 21.0. The molecule has 36 heavy (non-hydrogen) atoms. The van der Waals surface area contributed by atoms with Gasteiger partial charge >= 0.3 is 0 Å². The first-order valence-electron chi connectivity index (χ1n) is 12.4. The molecule has 3 aromatic rings. The van der Waals surface area contributed by atoms with E-state index in [4.69, 9.17) is 26.1 Å². The van der Waals surface area contributed by atoms with Gasteiger partial charge in [0, 0.05) is 41.9 Å². The Bertz CT molecular complexity index is 1290. The molecule has 0 radical (unpaired) electrons. The lowest BCUT2D eigenvalue weighted by molar-refractivity contribution is 0.0985. The Balaban J connectivity index is 1.52. The number of unbranched alkanes of at least 4 members (excludes halogenated alkanes) is 1. The van der Waals surface area contributed by atoms with Gasteiger partial charge in [-0.3, -0.25) is 14.5 Å². The fourth-order valence-corrected chi connectivity index (χ4v) is 4.78. The molecule has 188 valence electrons. The number of ether oxygens (including phenoxy) is 2. The number of nitrogens with zero attached hydrogens (tertiary/aromatic N) is 3. The second kappa shape index (κ2) is 10.6. The maximum absolute atomic E-state index is 13.7. The standard InChI is InChI=1S/C27H29ClN4O4/c1-2-3-12-32(27(34)18-7-6-8-19(28)16-18)25-24(31-13-5-4-9-23(31)30-25)26(33)29-20-10-11-21-22(17-20)36-15-14-35-21/h6-8,10-11,16-17H,2-5,9,12-15H2,1H3,(H,29,33). The number of rotatable bonds is 7. The van der Waals surface area contributed by atoms with Crippen LogP contribution >= 0.6 is 11.6 Å². The van der Waals surface area contributed by atoms with Crippen molar-refractivity contribution in [2.75, 3.05) is 30.0 Å². The Morgan fingerprint density at radius 3 is 2.75 bits per heavy atom. The van der Waals surface area contributed by atoms with Gasteiger partial charge in [-0.1, -0.05) is 31.0 Å². The van der Waals surface area contributed by atoms with E-state index in [0.29, 0.717) is 65.6 Å². The molecule has 9 heteroatoms. The first-order valence-corrected chi connectivity index (χ1v) is 12.8. The average Bonchev–Trinajstić information content (AvgIpc) is 3.28. The monoisotopic (exact) mass is 508 g/mol. The molecule has 0 saturated heterocycles. The van der Waals surface area contributed by atoms with Crippen molar-refractivity contribution in [2.24, 2.45) is 0 Å². The smallest absolute Gasteiger partial charge is 0.276 e. The van der Waals surface area contributed by atoms with Crippen LogP contribution in [0.5, 0.6) is 11.5 Å². The number of aryl methyl sites for hydroxylation is 1. The van der Waals surface area contributed by atoms with Crippen molar-refractivity contribution in [1.82, 2.24) is 9.55 Å². The molecule has 0 atom stereocenters. The summed E-state index contributed by atoms with van der Waals surface area (Å²) in [5.74, 6) is 1.91. The summed E-state index contributed by atoms with van der Waals surface area (Å²) in [7, 11) is 0. The van der Waals surface area contributed by atoms with E-state index in [9.17, 15) is 9.59 Å². The number of hydrogen-bond donors (Lipinski definition) is 1. The van der Waals surface area contributed by atoms with E-state index in [1.165, 1.54) is 0 Å². The second-order valence-electron chi connectivity index (χ2n) is 8.94. The molecule has 0 spiro atoms. The van der Waals surface area contributed by atoms with Gasteiger partial charge in [0.2, 0.25) is 0 Å². The summed E-state index contributed by atoms with van der Waals surface area (Å²) in [5, 5.41) is 3.47. The van der Waals surface area contributed by atoms with E-state index in [1.54, 1.807) is 47.4 Å². The molecule has 3 heterocycles. The minimum Gasteiger partial charge on any atom is -0.486 e. The number of imidazole rings is 1. The first-order chi connectivity index (χ1) is 17.5. The molecular weight excluding hydrogens is 480 g/mol. The van der Waals surface area contributed by atoms with E-state index in [1.807, 2.05) is 4.57 Å². The number of carbonyl (C=O) groups is 2. The van der Waals surface area contributed by atoms with E-state index in [0.717, 1.165) is 37.9 Å². The molecule has 8 nitrogen and oxygen atoms in total.